The molecule has 0 saturated carbocycles. The molecule has 0 spiro atoms. The molecule has 0 atom stereocenters. The van der Waals surface area contributed by atoms with Crippen LogP contribution in [0.1, 0.15) is 5.56 Å². The van der Waals surface area contributed by atoms with E-state index in [0.29, 0.717) is 5.56 Å². The van der Waals surface area contributed by atoms with Crippen molar-refractivity contribution in [2.75, 3.05) is 0 Å². The predicted octanol–water partition coefficient (Wildman–Crippen LogP) is -0.631. The molecular formula is C5H6AgN2O2. The molecule has 1 rings (SSSR count). The third-order valence-corrected chi connectivity index (χ3v) is 1.00. The van der Waals surface area contributed by atoms with Crippen LogP contribution in [0, 0.1) is 6.92 Å². The Kier molecular flexibility index (Phi) is 3.35. The Hall–Kier alpha value is -0.580. The van der Waals surface area contributed by atoms with Crippen molar-refractivity contribution in [3.8, 4) is 0 Å². The van der Waals surface area contributed by atoms with Gasteiger partial charge in [0.05, 0.1) is 0 Å². The first-order valence-corrected chi connectivity index (χ1v) is 2.49. The average Bonchev–Trinajstić information content (AvgIpc) is 1.80. The Morgan fingerprint density at radius 1 is 1.40 bits per heavy atom. The van der Waals surface area contributed by atoms with Gasteiger partial charge in [-0.1, -0.05) is 0 Å². The van der Waals surface area contributed by atoms with Gasteiger partial charge in [0.25, 0.3) is 5.56 Å². The summed E-state index contributed by atoms with van der Waals surface area (Å²) in [6, 6.07) is 0. The van der Waals surface area contributed by atoms with Gasteiger partial charge in [0.2, 0.25) is 0 Å². The molecule has 4 nitrogen and oxygen atoms in total. The van der Waals surface area contributed by atoms with Crippen LogP contribution in [0.4, 0.5) is 0 Å². The van der Waals surface area contributed by atoms with Gasteiger partial charge in [-0.05, 0) is 6.92 Å². The van der Waals surface area contributed by atoms with E-state index in [-0.39, 0.29) is 27.9 Å². The van der Waals surface area contributed by atoms with Gasteiger partial charge in [-0.15, -0.1) is 0 Å². The van der Waals surface area contributed by atoms with Crippen molar-refractivity contribution in [2.45, 2.75) is 6.92 Å². The van der Waals surface area contributed by atoms with Crippen LogP contribution in [0.15, 0.2) is 15.8 Å². The standard InChI is InChI=1S/C5H6N2O2.Ag/c1-3-2-6-5(9)7-4(3)8;/h2H,1H3,(H2,6,7,8,9);. The minimum Gasteiger partial charge on any atom is -0.314 e. The van der Waals surface area contributed by atoms with Crippen molar-refractivity contribution in [3.05, 3.63) is 32.6 Å². The molecule has 5 heteroatoms. The summed E-state index contributed by atoms with van der Waals surface area (Å²) in [5.41, 5.74) is -0.293. The van der Waals surface area contributed by atoms with E-state index in [9.17, 15) is 9.59 Å². The van der Waals surface area contributed by atoms with Crippen molar-refractivity contribution >= 4 is 0 Å². The summed E-state index contributed by atoms with van der Waals surface area (Å²) in [7, 11) is 0. The van der Waals surface area contributed by atoms with E-state index in [1.807, 2.05) is 0 Å². The van der Waals surface area contributed by atoms with Crippen LogP contribution in [0.3, 0.4) is 0 Å². The molecule has 1 aromatic rings. The topological polar surface area (TPSA) is 65.7 Å². The third-order valence-electron chi connectivity index (χ3n) is 1.00. The van der Waals surface area contributed by atoms with E-state index < -0.39 is 5.69 Å². The zero-order valence-corrected chi connectivity index (χ0v) is 6.68. The maximum atomic E-state index is 10.6. The summed E-state index contributed by atoms with van der Waals surface area (Å²) in [5, 5.41) is 0. The average molecular weight is 234 g/mol. The minimum absolute atomic E-state index is 0. The Labute approximate surface area is 72.2 Å². The fraction of sp³-hybridized carbons (Fsp3) is 0.200. The molecule has 0 unspecified atom stereocenters. The van der Waals surface area contributed by atoms with Crippen LogP contribution >= 0.6 is 0 Å². The van der Waals surface area contributed by atoms with Crippen LogP contribution < -0.4 is 11.2 Å². The molecule has 10 heavy (non-hydrogen) atoms. The summed E-state index contributed by atoms with van der Waals surface area (Å²) in [5.74, 6) is 0. The second-order valence-electron chi connectivity index (χ2n) is 1.75. The molecule has 0 aliphatic carbocycles. The number of hydrogen-bond acceptors (Lipinski definition) is 2. The third kappa shape index (κ3) is 1.98. The van der Waals surface area contributed by atoms with E-state index in [4.69, 9.17) is 0 Å². The maximum absolute atomic E-state index is 10.6. The number of H-pyrrole nitrogens is 2. The zero-order chi connectivity index (χ0) is 6.85. The van der Waals surface area contributed by atoms with Crippen LogP contribution in [-0.4, -0.2) is 9.97 Å². The number of nitrogens with one attached hydrogen (secondary N) is 2. The molecule has 1 radical (unpaired) electrons. The monoisotopic (exact) mass is 233 g/mol. The summed E-state index contributed by atoms with van der Waals surface area (Å²) < 4.78 is 0. The van der Waals surface area contributed by atoms with Crippen molar-refractivity contribution < 1.29 is 22.4 Å². The largest absolute Gasteiger partial charge is 0.325 e. The van der Waals surface area contributed by atoms with Gasteiger partial charge in [-0.3, -0.25) is 9.78 Å². The van der Waals surface area contributed by atoms with E-state index in [0.717, 1.165) is 0 Å². The van der Waals surface area contributed by atoms with Gasteiger partial charge < -0.3 is 4.98 Å². The van der Waals surface area contributed by atoms with Gasteiger partial charge in [-0.25, -0.2) is 4.79 Å². The molecule has 0 aliphatic rings. The van der Waals surface area contributed by atoms with Gasteiger partial charge in [0, 0.05) is 34.1 Å². The van der Waals surface area contributed by atoms with Crippen LogP contribution in [0.25, 0.3) is 0 Å². The maximum Gasteiger partial charge on any atom is 0.325 e. The Morgan fingerprint density at radius 2 is 2.00 bits per heavy atom. The molecular weight excluding hydrogens is 228 g/mol. The number of hydrogen-bond donors (Lipinski definition) is 2. The molecule has 0 amide bonds. The molecule has 2 N–H and O–H groups in total. The van der Waals surface area contributed by atoms with Crippen LogP contribution in [0.5, 0.6) is 0 Å². The molecule has 0 aromatic carbocycles. The second kappa shape index (κ2) is 3.55. The summed E-state index contributed by atoms with van der Waals surface area (Å²) in [6.07, 6.45) is 1.38. The van der Waals surface area contributed by atoms with Crippen molar-refractivity contribution in [1.82, 2.24) is 9.97 Å². The molecule has 0 fully saturated rings. The molecule has 1 aromatic heterocycles. The second-order valence-corrected chi connectivity index (χ2v) is 1.75. The number of aromatic amines is 2. The fourth-order valence-electron chi connectivity index (χ4n) is 0.477. The predicted molar refractivity (Wildman–Crippen MR) is 32.4 cm³/mol. The quantitative estimate of drug-likeness (QED) is 0.587. The van der Waals surface area contributed by atoms with Crippen LogP contribution in [0.2, 0.25) is 0 Å². The molecule has 59 valence electrons. The zero-order valence-electron chi connectivity index (χ0n) is 5.20. The van der Waals surface area contributed by atoms with Gasteiger partial charge >= 0.3 is 5.69 Å². The number of rotatable bonds is 0. The number of aryl methyl sites for hydroxylation is 1. The normalized spacial score (nSPS) is 8.50. The van der Waals surface area contributed by atoms with E-state index in [1.54, 1.807) is 6.92 Å². The molecule has 1 heterocycles. The first kappa shape index (κ1) is 9.42. The molecule has 0 bridgehead atoms. The SMILES string of the molecule is Cc1c[nH]c(=O)[nH]c1=O.[Ag]. The van der Waals surface area contributed by atoms with Gasteiger partial charge in [0.15, 0.2) is 0 Å². The first-order valence-electron chi connectivity index (χ1n) is 2.49. The van der Waals surface area contributed by atoms with E-state index in [1.165, 1.54) is 6.20 Å². The van der Waals surface area contributed by atoms with E-state index >= 15 is 0 Å². The summed E-state index contributed by atoms with van der Waals surface area (Å²) >= 11 is 0. The Bertz CT molecular complexity index is 314. The smallest absolute Gasteiger partial charge is 0.314 e. The molecule has 0 aliphatic heterocycles. The van der Waals surface area contributed by atoms with Crippen LogP contribution in [-0.2, 0) is 22.4 Å². The molecule has 0 saturated heterocycles. The first-order chi connectivity index (χ1) is 4.20. The number of aromatic nitrogens is 2. The van der Waals surface area contributed by atoms with Crippen molar-refractivity contribution in [1.29, 1.82) is 0 Å². The Morgan fingerprint density at radius 3 is 2.40 bits per heavy atom. The summed E-state index contributed by atoms with van der Waals surface area (Å²) in [4.78, 5) is 25.3. The Balaban J connectivity index is 0.000000810. The van der Waals surface area contributed by atoms with E-state index in [2.05, 4.69) is 9.97 Å². The minimum atomic E-state index is -0.467. The fourth-order valence-corrected chi connectivity index (χ4v) is 0.477. The van der Waals surface area contributed by atoms with Crippen molar-refractivity contribution in [3.63, 3.8) is 0 Å². The van der Waals surface area contributed by atoms with Gasteiger partial charge in [0.1, 0.15) is 0 Å². The summed E-state index contributed by atoms with van der Waals surface area (Å²) in [6.45, 7) is 1.62. The van der Waals surface area contributed by atoms with Gasteiger partial charge in [-0.2, -0.15) is 0 Å². The van der Waals surface area contributed by atoms with Crippen molar-refractivity contribution in [2.24, 2.45) is 0 Å².